The molecule has 0 aliphatic rings. The van der Waals surface area contributed by atoms with Gasteiger partial charge in [0.15, 0.2) is 0 Å². The molecule has 0 aliphatic carbocycles. The van der Waals surface area contributed by atoms with Gasteiger partial charge in [-0.15, -0.1) is 0 Å². The van der Waals surface area contributed by atoms with Crippen LogP contribution in [0.25, 0.3) is 0 Å². The molecule has 3 heteroatoms. The molecule has 0 fully saturated rings. The topological polar surface area (TPSA) is 26.3 Å². The minimum atomic E-state index is 0.552. The van der Waals surface area contributed by atoms with Crippen molar-refractivity contribution >= 4 is 6.47 Å². The number of rotatable bonds is 10. The molecule has 3 nitrogen and oxygen atoms in total. The number of hydrogen-bond acceptors (Lipinski definition) is 2. The lowest BCUT2D eigenvalue weighted by atomic mass is 10.2. The summed E-state index contributed by atoms with van der Waals surface area (Å²) in [5.41, 5.74) is 0. The van der Waals surface area contributed by atoms with Crippen LogP contribution in [-0.4, -0.2) is 43.7 Å². The van der Waals surface area contributed by atoms with Crippen LogP contribution in [0.3, 0.4) is 0 Å². The highest BCUT2D eigenvalue weighted by molar-refractivity contribution is 5.36. The Kier molecular flexibility index (Phi) is 8.38. The molecule has 0 heterocycles. The maximum atomic E-state index is 10.1. The van der Waals surface area contributed by atoms with Gasteiger partial charge in [-0.2, -0.15) is 0 Å². The standard InChI is InChI=1S/C12H26NO2/c1-4-7-9-13(6-3,8-5-2)10-11-15-12-14/h12H,4-11H2,1-3H3/q+1. The van der Waals surface area contributed by atoms with E-state index in [2.05, 4.69) is 20.8 Å². The first-order valence-corrected chi connectivity index (χ1v) is 6.15. The second-order valence-corrected chi connectivity index (χ2v) is 4.15. The SMILES string of the molecule is CCCC[N+](CC)(CCC)CCOC=O. The van der Waals surface area contributed by atoms with Crippen LogP contribution in [0.5, 0.6) is 0 Å². The minimum absolute atomic E-state index is 0.552. The fourth-order valence-corrected chi connectivity index (χ4v) is 2.07. The number of unbranched alkanes of at least 4 members (excludes halogenated alkanes) is 1. The van der Waals surface area contributed by atoms with Crippen LogP contribution in [-0.2, 0) is 9.53 Å². The summed E-state index contributed by atoms with van der Waals surface area (Å²) in [6, 6.07) is 0. The molecule has 0 saturated heterocycles. The Bertz CT molecular complexity index is 162. The van der Waals surface area contributed by atoms with Crippen LogP contribution in [0.15, 0.2) is 0 Å². The van der Waals surface area contributed by atoms with Crippen LogP contribution < -0.4 is 0 Å². The summed E-state index contributed by atoms with van der Waals surface area (Å²) in [4.78, 5) is 10.1. The lowest BCUT2D eigenvalue weighted by Crippen LogP contribution is -2.51. The van der Waals surface area contributed by atoms with Crippen LogP contribution in [0.1, 0.15) is 40.0 Å². The van der Waals surface area contributed by atoms with Crippen molar-refractivity contribution in [3.63, 3.8) is 0 Å². The molecule has 0 spiro atoms. The fourth-order valence-electron chi connectivity index (χ4n) is 2.07. The first-order valence-electron chi connectivity index (χ1n) is 6.15. The molecule has 0 aromatic carbocycles. The number of ether oxygens (including phenoxy) is 1. The highest BCUT2D eigenvalue weighted by Crippen LogP contribution is 2.10. The van der Waals surface area contributed by atoms with E-state index in [0.717, 1.165) is 17.6 Å². The fraction of sp³-hybridized carbons (Fsp3) is 0.917. The Morgan fingerprint density at radius 2 is 1.80 bits per heavy atom. The average Bonchev–Trinajstić information content (AvgIpc) is 2.26. The molecule has 0 rings (SSSR count). The molecule has 0 aromatic rings. The van der Waals surface area contributed by atoms with Gasteiger partial charge in [-0.1, -0.05) is 20.3 Å². The zero-order valence-electron chi connectivity index (χ0n) is 10.5. The Morgan fingerprint density at radius 1 is 1.07 bits per heavy atom. The summed E-state index contributed by atoms with van der Waals surface area (Å²) in [7, 11) is 0. The molecule has 0 saturated carbocycles. The third kappa shape index (κ3) is 5.78. The normalized spacial score (nSPS) is 14.6. The van der Waals surface area contributed by atoms with Crippen LogP contribution in [0.2, 0.25) is 0 Å². The highest BCUT2D eigenvalue weighted by Gasteiger charge is 2.23. The molecule has 0 aromatic heterocycles. The zero-order valence-corrected chi connectivity index (χ0v) is 10.5. The first kappa shape index (κ1) is 14.4. The summed E-state index contributed by atoms with van der Waals surface area (Å²) in [5, 5.41) is 0. The van der Waals surface area contributed by atoms with Crippen molar-refractivity contribution in [1.29, 1.82) is 0 Å². The Labute approximate surface area is 94.0 Å². The summed E-state index contributed by atoms with van der Waals surface area (Å²) < 4.78 is 5.92. The molecule has 0 amide bonds. The van der Waals surface area contributed by atoms with E-state index in [0.29, 0.717) is 13.1 Å². The van der Waals surface area contributed by atoms with Gasteiger partial charge in [-0.25, -0.2) is 0 Å². The Morgan fingerprint density at radius 3 is 2.27 bits per heavy atom. The van der Waals surface area contributed by atoms with Crippen molar-refractivity contribution in [3.05, 3.63) is 0 Å². The zero-order chi connectivity index (χ0) is 11.6. The number of nitrogens with zero attached hydrogens (tertiary/aromatic N) is 1. The monoisotopic (exact) mass is 216 g/mol. The van der Waals surface area contributed by atoms with Crippen molar-refractivity contribution in [3.8, 4) is 0 Å². The average molecular weight is 216 g/mol. The van der Waals surface area contributed by atoms with E-state index in [4.69, 9.17) is 4.74 Å². The van der Waals surface area contributed by atoms with Gasteiger partial charge in [0.05, 0.1) is 19.6 Å². The molecule has 90 valence electrons. The molecule has 0 N–H and O–H groups in total. The van der Waals surface area contributed by atoms with E-state index in [1.807, 2.05) is 0 Å². The van der Waals surface area contributed by atoms with Gasteiger partial charge in [0.2, 0.25) is 0 Å². The van der Waals surface area contributed by atoms with Gasteiger partial charge in [-0.05, 0) is 19.8 Å². The lowest BCUT2D eigenvalue weighted by molar-refractivity contribution is -0.926. The Balaban J connectivity index is 4.14. The largest absolute Gasteiger partial charge is 0.462 e. The second-order valence-electron chi connectivity index (χ2n) is 4.15. The second kappa shape index (κ2) is 8.72. The van der Waals surface area contributed by atoms with E-state index in [-0.39, 0.29) is 0 Å². The van der Waals surface area contributed by atoms with E-state index >= 15 is 0 Å². The quantitative estimate of drug-likeness (QED) is 0.318. The number of hydrogen-bond donors (Lipinski definition) is 0. The van der Waals surface area contributed by atoms with Crippen LogP contribution in [0.4, 0.5) is 0 Å². The van der Waals surface area contributed by atoms with Crippen molar-refractivity contribution in [2.24, 2.45) is 0 Å². The lowest BCUT2D eigenvalue weighted by Gasteiger charge is -2.37. The highest BCUT2D eigenvalue weighted by atomic mass is 16.5. The molecule has 0 bridgehead atoms. The maximum Gasteiger partial charge on any atom is 0.293 e. The molecule has 1 unspecified atom stereocenters. The number of carbonyl (C=O) groups excluding carboxylic acids is 1. The minimum Gasteiger partial charge on any atom is -0.462 e. The van der Waals surface area contributed by atoms with Gasteiger partial charge >= 0.3 is 0 Å². The van der Waals surface area contributed by atoms with E-state index in [1.165, 1.54) is 32.4 Å². The van der Waals surface area contributed by atoms with Crippen molar-refractivity contribution in [2.75, 3.05) is 32.8 Å². The Hall–Kier alpha value is -0.570. The van der Waals surface area contributed by atoms with E-state index in [1.54, 1.807) is 0 Å². The van der Waals surface area contributed by atoms with Crippen LogP contribution in [0, 0.1) is 0 Å². The smallest absolute Gasteiger partial charge is 0.293 e. The van der Waals surface area contributed by atoms with Crippen molar-refractivity contribution in [1.82, 2.24) is 0 Å². The molecular formula is C12H26NO2+. The van der Waals surface area contributed by atoms with Crippen molar-refractivity contribution < 1.29 is 14.0 Å². The summed E-state index contributed by atoms with van der Waals surface area (Å²) in [6.45, 7) is 12.3. The first-order chi connectivity index (χ1) is 7.24. The van der Waals surface area contributed by atoms with Gasteiger partial charge in [0.25, 0.3) is 6.47 Å². The molecule has 0 aliphatic heterocycles. The van der Waals surface area contributed by atoms with E-state index in [9.17, 15) is 4.79 Å². The predicted molar refractivity (Wildman–Crippen MR) is 62.6 cm³/mol. The summed E-state index contributed by atoms with van der Waals surface area (Å²) in [5.74, 6) is 0. The van der Waals surface area contributed by atoms with Gasteiger partial charge in [0, 0.05) is 0 Å². The van der Waals surface area contributed by atoms with Crippen molar-refractivity contribution in [2.45, 2.75) is 40.0 Å². The number of likely N-dealkylation sites (N-methyl/N-ethyl adjacent to an activating group) is 1. The molecular weight excluding hydrogens is 190 g/mol. The third-order valence-corrected chi connectivity index (χ3v) is 3.11. The molecule has 0 radical (unpaired) electrons. The predicted octanol–water partition coefficient (Wildman–Crippen LogP) is 2.21. The van der Waals surface area contributed by atoms with Crippen LogP contribution >= 0.6 is 0 Å². The number of carbonyl (C=O) groups is 1. The van der Waals surface area contributed by atoms with E-state index < -0.39 is 0 Å². The molecule has 15 heavy (non-hydrogen) atoms. The van der Waals surface area contributed by atoms with Gasteiger partial charge in [-0.3, -0.25) is 4.79 Å². The number of quaternary nitrogens is 1. The third-order valence-electron chi connectivity index (χ3n) is 3.11. The van der Waals surface area contributed by atoms with Gasteiger partial charge in [0.1, 0.15) is 13.2 Å². The summed E-state index contributed by atoms with van der Waals surface area (Å²) in [6.07, 6.45) is 3.69. The summed E-state index contributed by atoms with van der Waals surface area (Å²) >= 11 is 0. The van der Waals surface area contributed by atoms with Gasteiger partial charge < -0.3 is 9.22 Å². The maximum absolute atomic E-state index is 10.1. The molecule has 1 atom stereocenters.